The second kappa shape index (κ2) is 15.1. The van der Waals surface area contributed by atoms with Gasteiger partial charge in [0.15, 0.2) is 23.3 Å². The number of benzene rings is 5. The van der Waals surface area contributed by atoms with Crippen LogP contribution in [0.1, 0.15) is 20.7 Å². The number of nitrogens with one attached hydrogen (secondary N) is 4. The monoisotopic (exact) mass is 709 g/mol. The minimum Gasteiger partial charge on any atom is -0.545 e. The number of H-pyrrole nitrogens is 4. The van der Waals surface area contributed by atoms with Gasteiger partial charge in [0.05, 0.1) is 56.1 Å². The van der Waals surface area contributed by atoms with Gasteiger partial charge in [-0.05, 0) is 65.7 Å². The normalized spacial score (nSPS) is 10.4. The first-order valence-electron chi connectivity index (χ1n) is 14.7. The number of para-hydroxylation sites is 8. The number of imidazole rings is 4. The molecule has 0 atom stereocenters. The van der Waals surface area contributed by atoms with Gasteiger partial charge in [0.2, 0.25) is 0 Å². The van der Waals surface area contributed by atoms with Gasteiger partial charge in [-0.1, -0.05) is 66.7 Å². The molecule has 0 amide bonds. The first-order valence-corrected chi connectivity index (χ1v) is 14.7. The van der Waals surface area contributed by atoms with Crippen LogP contribution in [0.4, 0.5) is 0 Å². The van der Waals surface area contributed by atoms with Gasteiger partial charge < -0.3 is 45.2 Å². The molecule has 4 heterocycles. The molecule has 0 saturated heterocycles. The van der Waals surface area contributed by atoms with Crippen molar-refractivity contribution in [2.75, 3.05) is 0 Å². The van der Waals surface area contributed by atoms with Crippen LogP contribution in [0.15, 0.2) is 121 Å². The molecule has 4 aromatic heterocycles. The summed E-state index contributed by atoms with van der Waals surface area (Å²) >= 11 is 0. The Kier molecular flexibility index (Phi) is 10.5. The predicted octanol–water partition coefficient (Wildman–Crippen LogP) is 3.80. The topological polar surface area (TPSA) is 226 Å². The van der Waals surface area contributed by atoms with E-state index >= 15 is 0 Å². The van der Waals surface area contributed by atoms with Crippen LogP contribution in [-0.4, -0.2) is 57.3 Å². The molecule has 1 radical (unpaired) electrons. The van der Waals surface area contributed by atoms with Crippen molar-refractivity contribution in [3.05, 3.63) is 132 Å². The zero-order chi connectivity index (χ0) is 33.0. The molecule has 0 bridgehead atoms. The SMILES string of the molecule is O.O=C([O-])c1cccc(C(=O)[O-])c1.[Co+2].c1ccc2[nH]c(-c3nc4ccccc4[nH]3)nc2c1.c1ccc2[nH]c(-c3nc4ccccc4[nH]3)nc2c1. The number of rotatable bonds is 4. The van der Waals surface area contributed by atoms with Crippen LogP contribution in [0.25, 0.3) is 67.4 Å². The average molecular weight is 710 g/mol. The average Bonchev–Trinajstić information content (AvgIpc) is 3.92. The summed E-state index contributed by atoms with van der Waals surface area (Å²) in [5.41, 5.74) is 7.55. The molecule has 9 aromatic rings. The first kappa shape index (κ1) is 34.7. The predicted molar refractivity (Wildman–Crippen MR) is 181 cm³/mol. The van der Waals surface area contributed by atoms with Crippen molar-refractivity contribution in [3.63, 3.8) is 0 Å². The van der Waals surface area contributed by atoms with E-state index in [1.54, 1.807) is 0 Å². The van der Waals surface area contributed by atoms with E-state index in [4.69, 9.17) is 0 Å². The van der Waals surface area contributed by atoms with E-state index in [-0.39, 0.29) is 33.4 Å². The Bertz CT molecular complexity index is 2120. The fourth-order valence-corrected chi connectivity index (χ4v) is 5.03. The standard InChI is InChI=1S/2C14H10N4.C8H6O4.Co.H2O/c2*1-2-6-10-9(5-1)15-13(16-10)14-17-11-7-3-4-8-12(11)18-14;9-7(10)5-2-1-3-6(4-5)8(11)12;;/h2*1-8H,(H,15,16)(H,17,18);1-4H,(H,9,10)(H,11,12);;1H2/q;;;+2;/p-2. The van der Waals surface area contributed by atoms with Crippen LogP contribution in [-0.2, 0) is 16.8 Å². The van der Waals surface area contributed by atoms with Crippen molar-refractivity contribution in [2.24, 2.45) is 0 Å². The first-order chi connectivity index (χ1) is 23.4. The summed E-state index contributed by atoms with van der Waals surface area (Å²) in [5.74, 6) is 0.274. The van der Waals surface area contributed by atoms with E-state index in [1.807, 2.05) is 97.1 Å². The van der Waals surface area contributed by atoms with Crippen molar-refractivity contribution in [2.45, 2.75) is 0 Å². The number of aromatic amines is 4. The van der Waals surface area contributed by atoms with Crippen LogP contribution < -0.4 is 10.2 Å². The molecule has 249 valence electrons. The van der Waals surface area contributed by atoms with Gasteiger partial charge in [0.1, 0.15) is 0 Å². The van der Waals surface area contributed by atoms with Gasteiger partial charge >= 0.3 is 16.8 Å². The minimum absolute atomic E-state index is 0. The molecule has 6 N–H and O–H groups in total. The Balaban J connectivity index is 0.000000147. The molecule has 13 nitrogen and oxygen atoms in total. The summed E-state index contributed by atoms with van der Waals surface area (Å²) in [6.45, 7) is 0. The summed E-state index contributed by atoms with van der Waals surface area (Å²) in [4.78, 5) is 51.7. The Morgan fingerprint density at radius 2 is 0.680 bits per heavy atom. The maximum Gasteiger partial charge on any atom is 2.00 e. The van der Waals surface area contributed by atoms with Gasteiger partial charge in [-0.25, -0.2) is 19.9 Å². The number of hydrogen-bond donors (Lipinski definition) is 4. The maximum absolute atomic E-state index is 10.3. The molecular formula is C36H26CoN8O5. The van der Waals surface area contributed by atoms with Crippen molar-refractivity contribution >= 4 is 56.1 Å². The third-order valence-electron chi connectivity index (χ3n) is 7.34. The molecule has 0 aliphatic rings. The number of nitrogens with zero attached hydrogens (tertiary/aromatic N) is 4. The fourth-order valence-electron chi connectivity index (χ4n) is 5.03. The number of hydrogen-bond acceptors (Lipinski definition) is 8. The number of carbonyl (C=O) groups is 2. The van der Waals surface area contributed by atoms with Gasteiger partial charge in [-0.15, -0.1) is 0 Å². The summed E-state index contributed by atoms with van der Waals surface area (Å²) < 4.78 is 0. The van der Waals surface area contributed by atoms with Gasteiger partial charge in [0.25, 0.3) is 0 Å². The quantitative estimate of drug-likeness (QED) is 0.210. The van der Waals surface area contributed by atoms with Crippen LogP contribution in [0.2, 0.25) is 0 Å². The van der Waals surface area contributed by atoms with Crippen LogP contribution in [0.5, 0.6) is 0 Å². The molecule has 0 fully saturated rings. The number of carboxylic acid groups (broad SMARTS) is 2. The molecular weight excluding hydrogens is 683 g/mol. The summed E-state index contributed by atoms with van der Waals surface area (Å²) in [6.07, 6.45) is 0. The summed E-state index contributed by atoms with van der Waals surface area (Å²) in [5, 5.41) is 20.5. The molecule has 0 spiro atoms. The van der Waals surface area contributed by atoms with Crippen LogP contribution in [0, 0.1) is 0 Å². The number of aromatic carboxylic acids is 2. The Morgan fingerprint density at radius 3 is 0.920 bits per heavy atom. The third kappa shape index (κ3) is 7.42. The fraction of sp³-hybridized carbons (Fsp3) is 0. The van der Waals surface area contributed by atoms with E-state index < -0.39 is 11.9 Å². The molecule has 14 heteroatoms. The van der Waals surface area contributed by atoms with E-state index in [0.717, 1.165) is 73.5 Å². The van der Waals surface area contributed by atoms with E-state index in [0.29, 0.717) is 0 Å². The molecule has 5 aromatic carbocycles. The summed E-state index contributed by atoms with van der Waals surface area (Å²) in [6, 6.07) is 36.6. The smallest absolute Gasteiger partial charge is 0.545 e. The van der Waals surface area contributed by atoms with E-state index in [9.17, 15) is 19.8 Å². The van der Waals surface area contributed by atoms with Crippen molar-refractivity contribution in [1.29, 1.82) is 0 Å². The Hall–Kier alpha value is -6.61. The zero-order valence-electron chi connectivity index (χ0n) is 25.8. The molecule has 0 aliphatic heterocycles. The molecule has 9 rings (SSSR count). The maximum atomic E-state index is 10.3. The Labute approximate surface area is 293 Å². The van der Waals surface area contributed by atoms with Crippen LogP contribution in [0.3, 0.4) is 0 Å². The number of fused-ring (bicyclic) bond motifs is 4. The van der Waals surface area contributed by atoms with Gasteiger partial charge in [0, 0.05) is 0 Å². The van der Waals surface area contributed by atoms with Crippen molar-refractivity contribution in [3.8, 4) is 23.3 Å². The molecule has 0 unspecified atom stereocenters. The van der Waals surface area contributed by atoms with Gasteiger partial charge in [-0.2, -0.15) is 0 Å². The number of carbonyl (C=O) groups excluding carboxylic acids is 2. The minimum atomic E-state index is -1.40. The number of aromatic nitrogens is 8. The summed E-state index contributed by atoms with van der Waals surface area (Å²) in [7, 11) is 0. The van der Waals surface area contributed by atoms with E-state index in [2.05, 4.69) is 39.9 Å². The van der Waals surface area contributed by atoms with Crippen LogP contribution >= 0.6 is 0 Å². The molecule has 50 heavy (non-hydrogen) atoms. The molecule has 0 saturated carbocycles. The largest absolute Gasteiger partial charge is 2.00 e. The van der Waals surface area contributed by atoms with Crippen molar-refractivity contribution in [1.82, 2.24) is 39.9 Å². The van der Waals surface area contributed by atoms with Crippen molar-refractivity contribution < 1.29 is 42.1 Å². The third-order valence-corrected chi connectivity index (χ3v) is 7.34. The Morgan fingerprint density at radius 1 is 0.420 bits per heavy atom. The second-order valence-corrected chi connectivity index (χ2v) is 10.6. The zero-order valence-corrected chi connectivity index (χ0v) is 26.8. The van der Waals surface area contributed by atoms with Gasteiger partial charge in [-0.3, -0.25) is 0 Å². The van der Waals surface area contributed by atoms with E-state index in [1.165, 1.54) is 18.2 Å². The second-order valence-electron chi connectivity index (χ2n) is 10.6. The molecule has 0 aliphatic carbocycles. The number of carboxylic acids is 2.